The van der Waals surface area contributed by atoms with Gasteiger partial charge in [-0.1, -0.05) is 6.42 Å². The van der Waals surface area contributed by atoms with Gasteiger partial charge in [-0.2, -0.15) is 4.31 Å². The van der Waals surface area contributed by atoms with E-state index < -0.39 is 10.0 Å². The van der Waals surface area contributed by atoms with Crippen molar-refractivity contribution < 1.29 is 17.6 Å². The van der Waals surface area contributed by atoms with Crippen LogP contribution in [0.15, 0.2) is 52.0 Å². The van der Waals surface area contributed by atoms with E-state index in [0.717, 1.165) is 51.0 Å². The highest BCUT2D eigenvalue weighted by molar-refractivity contribution is 7.89. The Labute approximate surface area is 184 Å². The van der Waals surface area contributed by atoms with Crippen molar-refractivity contribution in [3.05, 3.63) is 54.0 Å². The smallest absolute Gasteiger partial charge is 0.251 e. The number of sulfonamides is 1. The third kappa shape index (κ3) is 4.86. The van der Waals surface area contributed by atoms with Crippen LogP contribution in [0.2, 0.25) is 0 Å². The standard InChI is InChI=1S/C23H31N3O4S/c1-18-7-2-3-15-26(18)31(28,29)20-11-9-19(10-12-20)23(27)24-17-21(22-8-6-16-30-22)25-13-4-5-14-25/h6,8-12,16,18,21H,2-5,7,13-15,17H2,1H3,(H,24,27). The van der Waals surface area contributed by atoms with Gasteiger partial charge in [0, 0.05) is 24.7 Å². The van der Waals surface area contributed by atoms with Crippen molar-refractivity contribution in [1.29, 1.82) is 0 Å². The lowest BCUT2D eigenvalue weighted by Gasteiger charge is -2.32. The predicted octanol–water partition coefficient (Wildman–Crippen LogP) is 3.41. The molecule has 2 aliphatic rings. The third-order valence-electron chi connectivity index (χ3n) is 6.37. The molecule has 1 aromatic heterocycles. The first-order valence-corrected chi connectivity index (χ1v) is 12.6. The molecule has 7 nitrogen and oxygen atoms in total. The molecule has 0 aliphatic carbocycles. The van der Waals surface area contributed by atoms with Gasteiger partial charge in [-0.3, -0.25) is 9.69 Å². The molecule has 2 unspecified atom stereocenters. The lowest BCUT2D eigenvalue weighted by molar-refractivity contribution is 0.0933. The summed E-state index contributed by atoms with van der Waals surface area (Å²) in [5.74, 6) is 0.630. The Morgan fingerprint density at radius 1 is 1.10 bits per heavy atom. The van der Waals surface area contributed by atoms with Crippen LogP contribution in [0.3, 0.4) is 0 Å². The summed E-state index contributed by atoms with van der Waals surface area (Å²) in [5.41, 5.74) is 0.449. The van der Waals surface area contributed by atoms with Crippen LogP contribution in [-0.2, 0) is 10.0 Å². The van der Waals surface area contributed by atoms with Gasteiger partial charge in [-0.15, -0.1) is 0 Å². The molecule has 2 atom stereocenters. The van der Waals surface area contributed by atoms with Crippen molar-refractivity contribution in [3.63, 3.8) is 0 Å². The van der Waals surface area contributed by atoms with Crippen molar-refractivity contribution >= 4 is 15.9 Å². The van der Waals surface area contributed by atoms with Crippen molar-refractivity contribution in [2.75, 3.05) is 26.2 Å². The van der Waals surface area contributed by atoms with Crippen LogP contribution < -0.4 is 5.32 Å². The van der Waals surface area contributed by atoms with Crippen LogP contribution >= 0.6 is 0 Å². The molecular weight excluding hydrogens is 414 g/mol. The maximum absolute atomic E-state index is 13.0. The maximum atomic E-state index is 13.0. The van der Waals surface area contributed by atoms with E-state index in [9.17, 15) is 13.2 Å². The van der Waals surface area contributed by atoms with E-state index in [0.29, 0.717) is 18.7 Å². The summed E-state index contributed by atoms with van der Waals surface area (Å²) in [5, 5.41) is 2.99. The minimum atomic E-state index is -3.54. The highest BCUT2D eigenvalue weighted by Gasteiger charge is 2.31. The molecule has 2 aliphatic heterocycles. The fourth-order valence-corrected chi connectivity index (χ4v) is 6.28. The number of furan rings is 1. The number of likely N-dealkylation sites (tertiary alicyclic amines) is 1. The van der Waals surface area contributed by atoms with E-state index >= 15 is 0 Å². The molecule has 2 fully saturated rings. The average Bonchev–Trinajstić information content (AvgIpc) is 3.49. The van der Waals surface area contributed by atoms with Crippen LogP contribution in [0.1, 0.15) is 61.2 Å². The van der Waals surface area contributed by atoms with Crippen LogP contribution in [0.4, 0.5) is 0 Å². The average molecular weight is 446 g/mol. The van der Waals surface area contributed by atoms with Crippen molar-refractivity contribution in [2.45, 2.75) is 56.0 Å². The SMILES string of the molecule is CC1CCCCN1S(=O)(=O)c1ccc(C(=O)NCC(c2ccco2)N2CCCC2)cc1. The van der Waals surface area contributed by atoms with Gasteiger partial charge in [-0.25, -0.2) is 8.42 Å². The molecule has 1 amide bonds. The summed E-state index contributed by atoms with van der Waals surface area (Å²) in [6, 6.07) is 10.1. The van der Waals surface area contributed by atoms with Gasteiger partial charge >= 0.3 is 0 Å². The number of nitrogens with one attached hydrogen (secondary N) is 1. The summed E-state index contributed by atoms with van der Waals surface area (Å²) in [4.78, 5) is 15.3. The molecule has 1 aromatic carbocycles. The topological polar surface area (TPSA) is 82.9 Å². The number of piperidine rings is 1. The monoisotopic (exact) mass is 445 g/mol. The van der Waals surface area contributed by atoms with Crippen LogP contribution in [-0.4, -0.2) is 55.8 Å². The highest BCUT2D eigenvalue weighted by Crippen LogP contribution is 2.26. The Morgan fingerprint density at radius 3 is 2.45 bits per heavy atom. The fraction of sp³-hybridized carbons (Fsp3) is 0.522. The van der Waals surface area contributed by atoms with E-state index in [1.807, 2.05) is 19.1 Å². The zero-order valence-corrected chi connectivity index (χ0v) is 18.8. The largest absolute Gasteiger partial charge is 0.468 e. The van der Waals surface area contributed by atoms with Gasteiger partial charge in [-0.05, 0) is 82.1 Å². The van der Waals surface area contributed by atoms with Gasteiger partial charge in [0.1, 0.15) is 5.76 Å². The molecule has 0 saturated carbocycles. The van der Waals surface area contributed by atoms with Crippen LogP contribution in [0.25, 0.3) is 0 Å². The second kappa shape index (κ2) is 9.54. The normalized spacial score (nSPS) is 21.8. The zero-order valence-electron chi connectivity index (χ0n) is 18.0. The number of rotatable bonds is 7. The number of hydrogen-bond acceptors (Lipinski definition) is 5. The third-order valence-corrected chi connectivity index (χ3v) is 8.40. The Kier molecular flexibility index (Phi) is 6.79. The molecule has 2 aromatic rings. The predicted molar refractivity (Wildman–Crippen MR) is 118 cm³/mol. The highest BCUT2D eigenvalue weighted by atomic mass is 32.2. The Morgan fingerprint density at radius 2 is 1.81 bits per heavy atom. The molecule has 0 spiro atoms. The van der Waals surface area contributed by atoms with Gasteiger partial charge in [0.05, 0.1) is 17.2 Å². The maximum Gasteiger partial charge on any atom is 0.251 e. The van der Waals surface area contributed by atoms with E-state index in [2.05, 4.69) is 10.2 Å². The molecule has 3 heterocycles. The summed E-state index contributed by atoms with van der Waals surface area (Å²) in [6.45, 7) is 4.92. The number of carbonyl (C=O) groups excluding carboxylic acids is 1. The Bertz CT molecular complexity index is 967. The van der Waals surface area contributed by atoms with Crippen LogP contribution in [0, 0.1) is 0 Å². The van der Waals surface area contributed by atoms with Crippen LogP contribution in [0.5, 0.6) is 0 Å². The van der Waals surface area contributed by atoms with E-state index in [1.165, 1.54) is 12.1 Å². The molecule has 4 rings (SSSR count). The van der Waals surface area contributed by atoms with Crippen molar-refractivity contribution in [1.82, 2.24) is 14.5 Å². The number of hydrogen-bond donors (Lipinski definition) is 1. The summed E-state index contributed by atoms with van der Waals surface area (Å²) in [7, 11) is -3.54. The van der Waals surface area contributed by atoms with Gasteiger partial charge in [0.25, 0.3) is 5.91 Å². The molecule has 2 saturated heterocycles. The molecular formula is C23H31N3O4S. The molecule has 1 N–H and O–H groups in total. The second-order valence-corrected chi connectivity index (χ2v) is 10.4. The number of benzene rings is 1. The van der Waals surface area contributed by atoms with Gasteiger partial charge in [0.15, 0.2) is 0 Å². The van der Waals surface area contributed by atoms with E-state index in [4.69, 9.17) is 4.42 Å². The zero-order chi connectivity index (χ0) is 21.8. The van der Waals surface area contributed by atoms with E-state index in [1.54, 1.807) is 22.7 Å². The minimum Gasteiger partial charge on any atom is -0.468 e. The lowest BCUT2D eigenvalue weighted by Crippen LogP contribution is -2.41. The lowest BCUT2D eigenvalue weighted by atomic mass is 10.1. The minimum absolute atomic E-state index is 0.00156. The number of carbonyl (C=O) groups is 1. The second-order valence-electron chi connectivity index (χ2n) is 8.47. The molecule has 8 heteroatoms. The fourth-order valence-electron chi connectivity index (χ4n) is 4.58. The Balaban J connectivity index is 1.42. The molecule has 0 radical (unpaired) electrons. The number of nitrogens with zero attached hydrogens (tertiary/aromatic N) is 2. The molecule has 31 heavy (non-hydrogen) atoms. The van der Waals surface area contributed by atoms with E-state index in [-0.39, 0.29) is 22.9 Å². The number of amides is 1. The first-order valence-electron chi connectivity index (χ1n) is 11.1. The Hall–Kier alpha value is -2.16. The first kappa shape index (κ1) is 22.0. The summed E-state index contributed by atoms with van der Waals surface area (Å²) in [6.07, 6.45) is 6.78. The van der Waals surface area contributed by atoms with Crippen molar-refractivity contribution in [2.24, 2.45) is 0 Å². The summed E-state index contributed by atoms with van der Waals surface area (Å²) >= 11 is 0. The quantitative estimate of drug-likeness (QED) is 0.706. The van der Waals surface area contributed by atoms with Gasteiger partial charge in [0.2, 0.25) is 10.0 Å². The van der Waals surface area contributed by atoms with Crippen molar-refractivity contribution in [3.8, 4) is 0 Å². The molecule has 168 valence electrons. The molecule has 0 bridgehead atoms. The first-order chi connectivity index (χ1) is 15.0. The van der Waals surface area contributed by atoms with Gasteiger partial charge < -0.3 is 9.73 Å². The summed E-state index contributed by atoms with van der Waals surface area (Å²) < 4.78 is 33.1.